The smallest absolute Gasteiger partial charge is 0.198 e. The average molecular weight is 310 g/mol. The summed E-state index contributed by atoms with van der Waals surface area (Å²) in [5.41, 5.74) is 10.9. The van der Waals surface area contributed by atoms with Crippen LogP contribution in [0.1, 0.15) is 16.7 Å². The normalized spacial score (nSPS) is 10.7. The number of nitrogen functional groups attached to an aromatic ring is 1. The fourth-order valence-corrected chi connectivity index (χ4v) is 2.67. The second kappa shape index (κ2) is 4.65. The van der Waals surface area contributed by atoms with Gasteiger partial charge >= 0.3 is 0 Å². The van der Waals surface area contributed by atoms with Crippen LogP contribution < -0.4 is 10.5 Å². The second-order valence-corrected chi connectivity index (χ2v) is 5.10. The van der Waals surface area contributed by atoms with Crippen molar-refractivity contribution in [3.8, 4) is 17.0 Å². The van der Waals surface area contributed by atoms with Crippen molar-refractivity contribution in [2.24, 2.45) is 0 Å². The van der Waals surface area contributed by atoms with E-state index in [1.54, 1.807) is 7.11 Å². The molecule has 5 heteroatoms. The van der Waals surface area contributed by atoms with Gasteiger partial charge in [0.25, 0.3) is 0 Å². The molecule has 0 fully saturated rings. The van der Waals surface area contributed by atoms with Gasteiger partial charge in [-0.25, -0.2) is 4.98 Å². The van der Waals surface area contributed by atoms with E-state index in [0.29, 0.717) is 5.95 Å². The van der Waals surface area contributed by atoms with Crippen LogP contribution in [0, 0.1) is 20.8 Å². The van der Waals surface area contributed by atoms with Crippen LogP contribution in [-0.2, 0) is 0 Å². The first-order valence-electron chi connectivity index (χ1n) is 5.61. The minimum Gasteiger partial charge on any atom is -0.496 e. The van der Waals surface area contributed by atoms with E-state index in [9.17, 15) is 0 Å². The number of hydrogen-bond acceptors (Lipinski definition) is 3. The number of ether oxygens (including phenoxy) is 1. The number of aromatic nitrogens is 2. The summed E-state index contributed by atoms with van der Waals surface area (Å²) in [6, 6.07) is 2.07. The fraction of sp³-hybridized carbons (Fsp3) is 0.308. The molecule has 1 heterocycles. The largest absolute Gasteiger partial charge is 0.496 e. The van der Waals surface area contributed by atoms with E-state index in [1.807, 2.05) is 6.92 Å². The van der Waals surface area contributed by atoms with Crippen LogP contribution in [0.5, 0.6) is 5.75 Å². The van der Waals surface area contributed by atoms with Crippen molar-refractivity contribution in [3.05, 3.63) is 27.4 Å². The van der Waals surface area contributed by atoms with Gasteiger partial charge in [0.1, 0.15) is 16.0 Å². The Bertz CT molecular complexity index is 605. The van der Waals surface area contributed by atoms with Crippen LogP contribution in [0.4, 0.5) is 5.95 Å². The monoisotopic (exact) mass is 309 g/mol. The molecule has 0 aliphatic rings. The van der Waals surface area contributed by atoms with Crippen molar-refractivity contribution in [3.63, 3.8) is 0 Å². The van der Waals surface area contributed by atoms with E-state index in [-0.39, 0.29) is 0 Å². The van der Waals surface area contributed by atoms with Crippen molar-refractivity contribution < 1.29 is 4.74 Å². The van der Waals surface area contributed by atoms with Gasteiger partial charge in [-0.3, -0.25) is 0 Å². The molecule has 2 rings (SSSR count). The number of nitrogens with one attached hydrogen (secondary N) is 1. The molecule has 0 unspecified atom stereocenters. The molecular formula is C13H16BrN3O. The highest BCUT2D eigenvalue weighted by atomic mass is 79.9. The molecular weight excluding hydrogens is 294 g/mol. The standard InChI is InChI=1S/C13H16BrN3O/c1-6-5-9(7(2)8(3)11(6)18-4)10-12(14)17-13(15)16-10/h5H,1-4H3,(H3,15,16,17). The average Bonchev–Trinajstić information content (AvgIpc) is 2.64. The molecule has 0 saturated heterocycles. The molecule has 18 heavy (non-hydrogen) atoms. The Balaban J connectivity index is 2.70. The number of halogens is 1. The second-order valence-electron chi connectivity index (χ2n) is 4.31. The molecule has 0 radical (unpaired) electrons. The highest BCUT2D eigenvalue weighted by molar-refractivity contribution is 9.10. The first-order chi connectivity index (χ1) is 8.45. The molecule has 0 aliphatic carbocycles. The number of benzene rings is 1. The maximum absolute atomic E-state index is 5.68. The third kappa shape index (κ3) is 1.99. The first kappa shape index (κ1) is 13.0. The van der Waals surface area contributed by atoms with Gasteiger partial charge in [-0.2, -0.15) is 0 Å². The maximum atomic E-state index is 5.68. The van der Waals surface area contributed by atoms with Crippen LogP contribution in [0.15, 0.2) is 10.7 Å². The number of rotatable bonds is 2. The summed E-state index contributed by atoms with van der Waals surface area (Å²) >= 11 is 3.44. The van der Waals surface area contributed by atoms with E-state index in [1.165, 1.54) is 0 Å². The lowest BCUT2D eigenvalue weighted by atomic mass is 9.97. The van der Waals surface area contributed by atoms with Gasteiger partial charge in [0, 0.05) is 5.56 Å². The lowest BCUT2D eigenvalue weighted by Gasteiger charge is -2.14. The molecule has 2 aromatic rings. The van der Waals surface area contributed by atoms with E-state index in [2.05, 4.69) is 45.8 Å². The molecule has 96 valence electrons. The predicted octanol–water partition coefficient (Wildman–Crippen LogP) is 3.36. The summed E-state index contributed by atoms with van der Waals surface area (Å²) in [5.74, 6) is 1.33. The van der Waals surface area contributed by atoms with Gasteiger partial charge in [-0.15, -0.1) is 0 Å². The zero-order chi connectivity index (χ0) is 13.4. The summed E-state index contributed by atoms with van der Waals surface area (Å²) < 4.78 is 6.22. The van der Waals surface area contributed by atoms with Gasteiger partial charge in [0.05, 0.1) is 7.11 Å². The number of H-pyrrole nitrogens is 1. The molecule has 0 aliphatic heterocycles. The molecule has 0 saturated carbocycles. The van der Waals surface area contributed by atoms with Crippen molar-refractivity contribution in [1.29, 1.82) is 0 Å². The Morgan fingerprint density at radius 3 is 2.44 bits per heavy atom. The fourth-order valence-electron chi connectivity index (χ4n) is 2.17. The molecule has 0 spiro atoms. The minimum absolute atomic E-state index is 0.405. The van der Waals surface area contributed by atoms with Gasteiger partial charge in [-0.1, -0.05) is 0 Å². The molecule has 0 amide bonds. The summed E-state index contributed by atoms with van der Waals surface area (Å²) in [6.45, 7) is 6.14. The summed E-state index contributed by atoms with van der Waals surface area (Å²) in [7, 11) is 1.69. The van der Waals surface area contributed by atoms with E-state index >= 15 is 0 Å². The zero-order valence-corrected chi connectivity index (χ0v) is 12.5. The number of nitrogens with zero attached hydrogens (tertiary/aromatic N) is 1. The highest BCUT2D eigenvalue weighted by Crippen LogP contribution is 2.36. The van der Waals surface area contributed by atoms with Gasteiger partial charge < -0.3 is 15.5 Å². The third-order valence-electron chi connectivity index (χ3n) is 3.16. The highest BCUT2D eigenvalue weighted by Gasteiger charge is 2.16. The van der Waals surface area contributed by atoms with Crippen LogP contribution in [0.3, 0.4) is 0 Å². The number of aryl methyl sites for hydroxylation is 1. The molecule has 0 bridgehead atoms. The van der Waals surface area contributed by atoms with Crippen molar-refractivity contribution in [1.82, 2.24) is 9.97 Å². The number of imidazole rings is 1. The summed E-state index contributed by atoms with van der Waals surface area (Å²) in [5, 5.41) is 0. The van der Waals surface area contributed by atoms with Crippen LogP contribution in [-0.4, -0.2) is 17.1 Å². The first-order valence-corrected chi connectivity index (χ1v) is 6.41. The number of aromatic amines is 1. The molecule has 4 nitrogen and oxygen atoms in total. The molecule has 1 aromatic carbocycles. The number of anilines is 1. The van der Waals surface area contributed by atoms with Gasteiger partial charge in [0.15, 0.2) is 5.95 Å². The quantitative estimate of drug-likeness (QED) is 0.894. The Morgan fingerprint density at radius 1 is 1.28 bits per heavy atom. The zero-order valence-electron chi connectivity index (χ0n) is 10.9. The van der Waals surface area contributed by atoms with Crippen LogP contribution >= 0.6 is 15.9 Å². The SMILES string of the molecule is COc1c(C)cc(-c2nc(N)[nH]c2Br)c(C)c1C. The lowest BCUT2D eigenvalue weighted by molar-refractivity contribution is 0.408. The summed E-state index contributed by atoms with van der Waals surface area (Å²) in [4.78, 5) is 7.27. The van der Waals surface area contributed by atoms with Crippen molar-refractivity contribution >= 4 is 21.9 Å². The Kier molecular flexibility index (Phi) is 3.34. The topological polar surface area (TPSA) is 63.9 Å². The number of nitrogens with two attached hydrogens (primary N) is 1. The van der Waals surface area contributed by atoms with Crippen molar-refractivity contribution in [2.75, 3.05) is 12.8 Å². The minimum atomic E-state index is 0.405. The predicted molar refractivity (Wildman–Crippen MR) is 76.9 cm³/mol. The van der Waals surface area contributed by atoms with Gasteiger partial charge in [-0.05, 0) is 59.5 Å². The Hall–Kier alpha value is -1.49. The van der Waals surface area contributed by atoms with E-state index in [4.69, 9.17) is 10.5 Å². The van der Waals surface area contributed by atoms with E-state index < -0.39 is 0 Å². The van der Waals surface area contributed by atoms with Crippen LogP contribution in [0.25, 0.3) is 11.3 Å². The maximum Gasteiger partial charge on any atom is 0.198 e. The van der Waals surface area contributed by atoms with Crippen LogP contribution in [0.2, 0.25) is 0 Å². The van der Waals surface area contributed by atoms with E-state index in [0.717, 1.165) is 38.3 Å². The third-order valence-corrected chi connectivity index (χ3v) is 3.74. The summed E-state index contributed by atoms with van der Waals surface area (Å²) in [6.07, 6.45) is 0. The molecule has 1 aromatic heterocycles. The molecule has 0 atom stereocenters. The number of hydrogen-bond donors (Lipinski definition) is 2. The Labute approximate surface area is 115 Å². The Morgan fingerprint density at radius 2 is 1.94 bits per heavy atom. The van der Waals surface area contributed by atoms with Crippen molar-refractivity contribution in [2.45, 2.75) is 20.8 Å². The number of methoxy groups -OCH3 is 1. The lowest BCUT2D eigenvalue weighted by Crippen LogP contribution is -1.97. The van der Waals surface area contributed by atoms with Gasteiger partial charge in [0.2, 0.25) is 0 Å². The molecule has 3 N–H and O–H groups in total.